The molecular weight excluding hydrogens is 244 g/mol. The van der Waals surface area contributed by atoms with Crippen LogP contribution >= 0.6 is 0 Å². The molecule has 2 aromatic rings. The average Bonchev–Trinajstić information content (AvgIpc) is 2.75. The van der Waals surface area contributed by atoms with Gasteiger partial charge in [0.2, 0.25) is 5.91 Å². The molecule has 1 atom stereocenters. The lowest BCUT2D eigenvalue weighted by atomic mass is 10.1. The summed E-state index contributed by atoms with van der Waals surface area (Å²) in [5, 5.41) is 5.87. The van der Waals surface area contributed by atoms with E-state index in [1.54, 1.807) is 18.2 Å². The van der Waals surface area contributed by atoms with Gasteiger partial charge in [0.05, 0.1) is 17.0 Å². The molecule has 1 amide bonds. The number of aromatic nitrogens is 2. The fourth-order valence-corrected chi connectivity index (χ4v) is 2.02. The third-order valence-electron chi connectivity index (χ3n) is 3.10. The molecule has 0 aliphatic rings. The Labute approximate surface area is 110 Å². The van der Waals surface area contributed by atoms with Gasteiger partial charge in [-0.3, -0.25) is 4.79 Å². The van der Waals surface area contributed by atoms with E-state index < -0.39 is 0 Å². The summed E-state index contributed by atoms with van der Waals surface area (Å²) in [6.07, 6.45) is 0.774. The van der Waals surface area contributed by atoms with E-state index in [1.807, 2.05) is 14.0 Å². The summed E-state index contributed by atoms with van der Waals surface area (Å²) in [7, 11) is 1.83. The maximum absolute atomic E-state index is 12.0. The zero-order valence-electron chi connectivity index (χ0n) is 11.0. The minimum atomic E-state index is -0.250. The molecule has 0 aliphatic heterocycles. The maximum Gasteiger partial charge on any atom is 0.323 e. The number of aromatic amines is 2. The predicted octanol–water partition coefficient (Wildman–Crippen LogP) is 1.04. The van der Waals surface area contributed by atoms with Crippen molar-refractivity contribution in [2.75, 3.05) is 18.9 Å². The highest BCUT2D eigenvalue weighted by Crippen LogP contribution is 2.15. The number of rotatable bonds is 5. The first-order valence-corrected chi connectivity index (χ1v) is 6.31. The summed E-state index contributed by atoms with van der Waals surface area (Å²) in [6.45, 7) is 2.62. The summed E-state index contributed by atoms with van der Waals surface area (Å²) >= 11 is 0. The van der Waals surface area contributed by atoms with Gasteiger partial charge in [0.15, 0.2) is 0 Å². The number of carbonyl (C=O) groups is 1. The lowest BCUT2D eigenvalue weighted by Crippen LogP contribution is -2.30. The molecule has 19 heavy (non-hydrogen) atoms. The number of benzene rings is 1. The molecule has 0 saturated heterocycles. The number of imidazole rings is 1. The topological polar surface area (TPSA) is 89.8 Å². The van der Waals surface area contributed by atoms with Crippen LogP contribution in [-0.2, 0) is 4.79 Å². The first-order chi connectivity index (χ1) is 9.13. The summed E-state index contributed by atoms with van der Waals surface area (Å²) in [4.78, 5) is 28.5. The number of H-pyrrole nitrogens is 2. The SMILES string of the molecule is CCC(CNC)C(=O)Nc1ccc2[nH]c(=O)[nH]c2c1. The van der Waals surface area contributed by atoms with Crippen LogP contribution in [0.25, 0.3) is 11.0 Å². The highest BCUT2D eigenvalue weighted by Gasteiger charge is 2.15. The van der Waals surface area contributed by atoms with Crippen LogP contribution < -0.4 is 16.3 Å². The zero-order chi connectivity index (χ0) is 13.8. The fourth-order valence-electron chi connectivity index (χ4n) is 2.02. The van der Waals surface area contributed by atoms with E-state index >= 15 is 0 Å². The second-order valence-corrected chi connectivity index (χ2v) is 4.49. The van der Waals surface area contributed by atoms with Crippen molar-refractivity contribution < 1.29 is 4.79 Å². The molecule has 2 rings (SSSR count). The molecule has 1 aromatic heterocycles. The van der Waals surface area contributed by atoms with Crippen LogP contribution in [0.3, 0.4) is 0 Å². The molecule has 6 heteroatoms. The average molecular weight is 262 g/mol. The van der Waals surface area contributed by atoms with E-state index in [2.05, 4.69) is 20.6 Å². The molecule has 1 unspecified atom stereocenters. The van der Waals surface area contributed by atoms with Crippen LogP contribution in [0.5, 0.6) is 0 Å². The molecule has 1 heterocycles. The number of hydrogen-bond acceptors (Lipinski definition) is 3. The fraction of sp³-hybridized carbons (Fsp3) is 0.385. The van der Waals surface area contributed by atoms with Crippen molar-refractivity contribution in [1.29, 1.82) is 0 Å². The summed E-state index contributed by atoms with van der Waals surface area (Å²) in [5.74, 6) is -0.0833. The summed E-state index contributed by atoms with van der Waals surface area (Å²) < 4.78 is 0. The highest BCUT2D eigenvalue weighted by molar-refractivity contribution is 5.94. The molecule has 1 aromatic carbocycles. The van der Waals surface area contributed by atoms with Gasteiger partial charge in [-0.05, 0) is 31.7 Å². The number of nitrogens with one attached hydrogen (secondary N) is 4. The smallest absolute Gasteiger partial charge is 0.323 e. The normalized spacial score (nSPS) is 12.5. The van der Waals surface area contributed by atoms with Gasteiger partial charge >= 0.3 is 5.69 Å². The molecule has 4 N–H and O–H groups in total. The van der Waals surface area contributed by atoms with Gasteiger partial charge in [-0.15, -0.1) is 0 Å². The van der Waals surface area contributed by atoms with Crippen molar-refractivity contribution in [2.24, 2.45) is 5.92 Å². The molecule has 0 bridgehead atoms. The van der Waals surface area contributed by atoms with Gasteiger partial charge in [0.1, 0.15) is 0 Å². The van der Waals surface area contributed by atoms with Crippen molar-refractivity contribution >= 4 is 22.6 Å². The van der Waals surface area contributed by atoms with E-state index in [0.717, 1.165) is 11.9 Å². The summed E-state index contributed by atoms with van der Waals surface area (Å²) in [6, 6.07) is 5.29. The largest absolute Gasteiger partial charge is 0.326 e. The molecular formula is C13H18N4O2. The van der Waals surface area contributed by atoms with E-state index in [1.165, 1.54) is 0 Å². The first-order valence-electron chi connectivity index (χ1n) is 6.31. The van der Waals surface area contributed by atoms with Crippen LogP contribution in [-0.4, -0.2) is 29.5 Å². The van der Waals surface area contributed by atoms with E-state index in [9.17, 15) is 9.59 Å². The minimum Gasteiger partial charge on any atom is -0.326 e. The van der Waals surface area contributed by atoms with E-state index in [4.69, 9.17) is 0 Å². The molecule has 0 fully saturated rings. The quantitative estimate of drug-likeness (QED) is 0.649. The third-order valence-corrected chi connectivity index (χ3v) is 3.10. The van der Waals surface area contributed by atoms with Gasteiger partial charge < -0.3 is 20.6 Å². The Bertz CT molecular complexity index is 629. The van der Waals surface area contributed by atoms with Gasteiger partial charge in [0.25, 0.3) is 0 Å². The highest BCUT2D eigenvalue weighted by atomic mass is 16.2. The van der Waals surface area contributed by atoms with Gasteiger partial charge in [-0.25, -0.2) is 4.79 Å². The zero-order valence-corrected chi connectivity index (χ0v) is 11.0. The first kappa shape index (κ1) is 13.4. The van der Waals surface area contributed by atoms with Crippen molar-refractivity contribution in [1.82, 2.24) is 15.3 Å². The number of amides is 1. The number of carbonyl (C=O) groups excluding carboxylic acids is 1. The van der Waals surface area contributed by atoms with Crippen LogP contribution in [0.15, 0.2) is 23.0 Å². The van der Waals surface area contributed by atoms with Crippen LogP contribution in [0.2, 0.25) is 0 Å². The van der Waals surface area contributed by atoms with Crippen molar-refractivity contribution in [2.45, 2.75) is 13.3 Å². The second-order valence-electron chi connectivity index (χ2n) is 4.49. The number of hydrogen-bond donors (Lipinski definition) is 4. The molecule has 0 radical (unpaired) electrons. The van der Waals surface area contributed by atoms with Crippen molar-refractivity contribution in [3.8, 4) is 0 Å². The Morgan fingerprint density at radius 1 is 1.32 bits per heavy atom. The summed E-state index contributed by atoms with van der Waals surface area (Å²) in [5.41, 5.74) is 1.84. The van der Waals surface area contributed by atoms with Gasteiger partial charge in [-0.2, -0.15) is 0 Å². The standard InChI is InChI=1S/C13H18N4O2/c1-3-8(7-14-2)12(18)15-9-4-5-10-11(6-9)17-13(19)16-10/h4-6,8,14H,3,7H2,1-2H3,(H,15,18)(H2,16,17,19). The number of fused-ring (bicyclic) bond motifs is 1. The van der Waals surface area contributed by atoms with Gasteiger partial charge in [0, 0.05) is 12.2 Å². The molecule has 0 saturated carbocycles. The third kappa shape index (κ3) is 3.03. The molecule has 6 nitrogen and oxygen atoms in total. The van der Waals surface area contributed by atoms with Gasteiger partial charge in [-0.1, -0.05) is 6.92 Å². The molecule has 0 aliphatic carbocycles. The lowest BCUT2D eigenvalue weighted by Gasteiger charge is -2.14. The lowest BCUT2D eigenvalue weighted by molar-refractivity contribution is -0.119. The minimum absolute atomic E-state index is 0.0194. The predicted molar refractivity (Wildman–Crippen MR) is 75.3 cm³/mol. The Balaban J connectivity index is 2.16. The molecule has 0 spiro atoms. The number of anilines is 1. The van der Waals surface area contributed by atoms with Crippen LogP contribution in [0, 0.1) is 5.92 Å². The Morgan fingerprint density at radius 3 is 2.74 bits per heavy atom. The van der Waals surface area contributed by atoms with E-state index in [-0.39, 0.29) is 17.5 Å². The van der Waals surface area contributed by atoms with E-state index in [0.29, 0.717) is 17.7 Å². The van der Waals surface area contributed by atoms with Crippen molar-refractivity contribution in [3.05, 3.63) is 28.7 Å². The Hall–Kier alpha value is -2.08. The molecule has 102 valence electrons. The Morgan fingerprint density at radius 2 is 2.05 bits per heavy atom. The Kier molecular flexibility index (Phi) is 4.01. The monoisotopic (exact) mass is 262 g/mol. The second kappa shape index (κ2) is 5.71. The van der Waals surface area contributed by atoms with Crippen LogP contribution in [0.1, 0.15) is 13.3 Å². The van der Waals surface area contributed by atoms with Crippen molar-refractivity contribution in [3.63, 3.8) is 0 Å². The van der Waals surface area contributed by atoms with Crippen LogP contribution in [0.4, 0.5) is 5.69 Å². The maximum atomic E-state index is 12.0.